The molecule has 1 saturated heterocycles. The van der Waals surface area contributed by atoms with Gasteiger partial charge in [-0.25, -0.2) is 0 Å². The van der Waals surface area contributed by atoms with Crippen LogP contribution in [0.3, 0.4) is 0 Å². The molecule has 0 atom stereocenters. The molecule has 0 aliphatic carbocycles. The minimum absolute atomic E-state index is 0.794. The van der Waals surface area contributed by atoms with Crippen molar-refractivity contribution in [1.82, 2.24) is 0 Å². The zero-order chi connectivity index (χ0) is 5.82. The molecule has 0 aromatic heterocycles. The molecular formula is C4H10O3P+. The fraction of sp³-hybridized carbons (Fsp3) is 1.00. The van der Waals surface area contributed by atoms with Gasteiger partial charge in [-0.3, -0.25) is 0 Å². The molecule has 0 radical (unpaired) electrons. The zero-order valence-electron chi connectivity index (χ0n) is 4.85. The first-order valence-electron chi connectivity index (χ1n) is 2.60. The van der Waals surface area contributed by atoms with Gasteiger partial charge in [-0.1, -0.05) is 0 Å². The Labute approximate surface area is 49.9 Å². The standard InChI is InChI=1S/C4H10O3P/c1-5-8-6-3-2-4-7-8/h8H,2-4H2,1H3/q+1. The molecule has 0 N–H and O–H groups in total. The highest BCUT2D eigenvalue weighted by molar-refractivity contribution is 7.41. The topological polar surface area (TPSA) is 27.7 Å². The van der Waals surface area contributed by atoms with Gasteiger partial charge in [0.25, 0.3) is 0 Å². The largest absolute Gasteiger partial charge is 0.397 e. The van der Waals surface area contributed by atoms with Gasteiger partial charge in [0.15, 0.2) is 0 Å². The number of hydrogen-bond acceptors (Lipinski definition) is 3. The van der Waals surface area contributed by atoms with E-state index in [0.717, 1.165) is 19.6 Å². The van der Waals surface area contributed by atoms with Crippen LogP contribution in [0, 0.1) is 0 Å². The average molecular weight is 137 g/mol. The molecule has 1 aliphatic rings. The molecule has 1 fully saturated rings. The summed E-state index contributed by atoms with van der Waals surface area (Å²) in [5, 5.41) is 0. The predicted octanol–water partition coefficient (Wildman–Crippen LogP) is 1.03. The van der Waals surface area contributed by atoms with Gasteiger partial charge >= 0.3 is 8.60 Å². The summed E-state index contributed by atoms with van der Waals surface area (Å²) in [6.45, 7) is 1.59. The van der Waals surface area contributed by atoms with Gasteiger partial charge < -0.3 is 0 Å². The Hall–Kier alpha value is 0.310. The zero-order valence-corrected chi connectivity index (χ0v) is 5.85. The second-order valence-corrected chi connectivity index (χ2v) is 2.99. The first-order valence-corrected chi connectivity index (χ1v) is 3.82. The van der Waals surface area contributed by atoms with E-state index in [1.165, 1.54) is 0 Å². The second-order valence-electron chi connectivity index (χ2n) is 1.50. The molecule has 1 aliphatic heterocycles. The molecule has 0 amide bonds. The smallest absolute Gasteiger partial charge is 0.183 e. The van der Waals surface area contributed by atoms with Gasteiger partial charge in [0.2, 0.25) is 0 Å². The van der Waals surface area contributed by atoms with Crippen LogP contribution in [0.2, 0.25) is 0 Å². The summed E-state index contributed by atoms with van der Waals surface area (Å²) in [6.07, 6.45) is 0.998. The van der Waals surface area contributed by atoms with E-state index in [4.69, 9.17) is 13.6 Å². The maximum Gasteiger partial charge on any atom is 0.397 e. The Balaban J connectivity index is 2.13. The van der Waals surface area contributed by atoms with Crippen LogP contribution in [0.5, 0.6) is 0 Å². The van der Waals surface area contributed by atoms with Gasteiger partial charge in [-0.2, -0.15) is 13.6 Å². The number of rotatable bonds is 1. The van der Waals surface area contributed by atoms with Crippen LogP contribution in [-0.2, 0) is 13.6 Å². The molecule has 8 heavy (non-hydrogen) atoms. The molecular weight excluding hydrogens is 127 g/mol. The van der Waals surface area contributed by atoms with Crippen LogP contribution in [0.15, 0.2) is 0 Å². The summed E-state index contributed by atoms with van der Waals surface area (Å²) in [7, 11) is 0.323. The first-order chi connectivity index (χ1) is 3.93. The SMILES string of the molecule is CO[PH+]1OCCCO1. The minimum Gasteiger partial charge on any atom is -0.183 e. The van der Waals surface area contributed by atoms with E-state index in [0.29, 0.717) is 0 Å². The molecule has 4 heteroatoms. The fourth-order valence-corrected chi connectivity index (χ4v) is 1.47. The van der Waals surface area contributed by atoms with Gasteiger partial charge in [0.1, 0.15) is 0 Å². The lowest BCUT2D eigenvalue weighted by Gasteiger charge is -2.09. The van der Waals surface area contributed by atoms with Crippen molar-refractivity contribution >= 4 is 8.60 Å². The van der Waals surface area contributed by atoms with Crippen LogP contribution in [0.25, 0.3) is 0 Å². The molecule has 0 saturated carbocycles. The van der Waals surface area contributed by atoms with Crippen molar-refractivity contribution in [3.8, 4) is 0 Å². The van der Waals surface area contributed by atoms with Crippen LogP contribution < -0.4 is 0 Å². The van der Waals surface area contributed by atoms with E-state index in [1.54, 1.807) is 7.11 Å². The van der Waals surface area contributed by atoms with Gasteiger partial charge in [-0.15, -0.1) is 0 Å². The quantitative estimate of drug-likeness (QED) is 0.505. The lowest BCUT2D eigenvalue weighted by Crippen LogP contribution is -2.05. The van der Waals surface area contributed by atoms with Crippen molar-refractivity contribution in [2.75, 3.05) is 20.3 Å². The molecule has 0 bridgehead atoms. The van der Waals surface area contributed by atoms with Crippen LogP contribution in [-0.4, -0.2) is 20.3 Å². The molecule has 0 unspecified atom stereocenters. The fourth-order valence-electron chi connectivity index (χ4n) is 0.529. The average Bonchev–Trinajstić information content (AvgIpc) is 1.90. The van der Waals surface area contributed by atoms with E-state index in [9.17, 15) is 0 Å². The van der Waals surface area contributed by atoms with Crippen molar-refractivity contribution in [2.24, 2.45) is 0 Å². The van der Waals surface area contributed by atoms with E-state index in [-0.39, 0.29) is 0 Å². The molecule has 48 valence electrons. The summed E-state index contributed by atoms with van der Waals surface area (Å²) < 4.78 is 15.0. The molecule has 1 rings (SSSR count). The van der Waals surface area contributed by atoms with Gasteiger partial charge in [0.05, 0.1) is 20.3 Å². The third-order valence-corrected chi connectivity index (χ3v) is 2.11. The molecule has 0 aromatic rings. The molecule has 0 spiro atoms. The van der Waals surface area contributed by atoms with Crippen molar-refractivity contribution in [1.29, 1.82) is 0 Å². The second kappa shape index (κ2) is 3.36. The third-order valence-electron chi connectivity index (χ3n) is 0.895. The maximum atomic E-state index is 5.08. The van der Waals surface area contributed by atoms with Crippen molar-refractivity contribution in [3.63, 3.8) is 0 Å². The van der Waals surface area contributed by atoms with E-state index in [2.05, 4.69) is 0 Å². The Morgan fingerprint density at radius 1 is 1.38 bits per heavy atom. The lowest BCUT2D eigenvalue weighted by molar-refractivity contribution is 0.129. The Morgan fingerprint density at radius 3 is 2.38 bits per heavy atom. The Bertz CT molecular complexity index is 62.3. The Morgan fingerprint density at radius 2 is 2.00 bits per heavy atom. The third kappa shape index (κ3) is 1.67. The maximum absolute atomic E-state index is 5.08. The Kier molecular flexibility index (Phi) is 2.70. The highest BCUT2D eigenvalue weighted by Gasteiger charge is 2.21. The van der Waals surface area contributed by atoms with Crippen molar-refractivity contribution < 1.29 is 13.6 Å². The van der Waals surface area contributed by atoms with E-state index in [1.807, 2.05) is 0 Å². The van der Waals surface area contributed by atoms with Gasteiger partial charge in [0, 0.05) is 6.42 Å². The van der Waals surface area contributed by atoms with Crippen LogP contribution in [0.1, 0.15) is 6.42 Å². The normalized spacial score (nSPS) is 23.6. The monoisotopic (exact) mass is 137 g/mol. The summed E-state index contributed by atoms with van der Waals surface area (Å²) >= 11 is 0. The van der Waals surface area contributed by atoms with Crippen molar-refractivity contribution in [3.05, 3.63) is 0 Å². The molecule has 3 nitrogen and oxygen atoms in total. The minimum atomic E-state index is -1.29. The number of hydrogen-bond donors (Lipinski definition) is 0. The van der Waals surface area contributed by atoms with E-state index < -0.39 is 8.60 Å². The molecule has 0 aromatic carbocycles. The summed E-state index contributed by atoms with van der Waals surface area (Å²) in [5.74, 6) is 0. The summed E-state index contributed by atoms with van der Waals surface area (Å²) in [6, 6.07) is 0. The molecule has 1 heterocycles. The predicted molar refractivity (Wildman–Crippen MR) is 31.8 cm³/mol. The van der Waals surface area contributed by atoms with Gasteiger partial charge in [-0.05, 0) is 0 Å². The van der Waals surface area contributed by atoms with Crippen molar-refractivity contribution in [2.45, 2.75) is 6.42 Å². The van der Waals surface area contributed by atoms with E-state index >= 15 is 0 Å². The lowest BCUT2D eigenvalue weighted by atomic mass is 10.5. The summed E-state index contributed by atoms with van der Waals surface area (Å²) in [5.41, 5.74) is 0. The first kappa shape index (κ1) is 6.43. The summed E-state index contributed by atoms with van der Waals surface area (Å²) in [4.78, 5) is 0. The van der Waals surface area contributed by atoms with Crippen LogP contribution >= 0.6 is 8.60 Å². The highest BCUT2D eigenvalue weighted by Crippen LogP contribution is 2.40. The van der Waals surface area contributed by atoms with Crippen LogP contribution in [0.4, 0.5) is 0 Å². The highest BCUT2D eigenvalue weighted by atomic mass is 31.2.